The van der Waals surface area contributed by atoms with Gasteiger partial charge in [0, 0.05) is 23.5 Å². The largest absolute Gasteiger partial charge is 0.302 e. The number of thiazole rings is 1. The smallest absolute Gasteiger partial charge is 0.260 e. The SMILES string of the molecule is CCN(CC)CCN(C(=O)c1ccc(-c2ccccc2)cc1)c1nc2c(SC)cccc2s1. The number of anilines is 1. The van der Waals surface area contributed by atoms with Gasteiger partial charge >= 0.3 is 0 Å². The van der Waals surface area contributed by atoms with Gasteiger partial charge in [-0.15, -0.1) is 11.8 Å². The number of amides is 1. The Morgan fingerprint density at radius 1 is 0.879 bits per heavy atom. The molecule has 0 bridgehead atoms. The number of fused-ring (bicyclic) bond motifs is 1. The molecule has 0 aliphatic rings. The van der Waals surface area contributed by atoms with Crippen molar-refractivity contribution in [1.82, 2.24) is 9.88 Å². The second-order valence-corrected chi connectivity index (χ2v) is 9.59. The molecule has 0 spiro atoms. The monoisotopic (exact) mass is 475 g/mol. The second kappa shape index (κ2) is 11.0. The second-order valence-electron chi connectivity index (χ2n) is 7.73. The van der Waals surface area contributed by atoms with Gasteiger partial charge in [0.05, 0.1) is 10.2 Å². The number of hydrogen-bond donors (Lipinski definition) is 0. The first-order valence-corrected chi connectivity index (χ1v) is 13.3. The van der Waals surface area contributed by atoms with Crippen LogP contribution in [0.25, 0.3) is 21.3 Å². The zero-order valence-corrected chi connectivity index (χ0v) is 21.0. The maximum atomic E-state index is 13.7. The van der Waals surface area contributed by atoms with Crippen LogP contribution in [0.3, 0.4) is 0 Å². The van der Waals surface area contributed by atoms with E-state index < -0.39 is 0 Å². The van der Waals surface area contributed by atoms with Gasteiger partial charge in [-0.25, -0.2) is 4.98 Å². The Bertz CT molecular complexity index is 1200. The predicted octanol–water partition coefficient (Wildman–Crippen LogP) is 6.67. The lowest BCUT2D eigenvalue weighted by molar-refractivity contribution is 0.0984. The van der Waals surface area contributed by atoms with Gasteiger partial charge in [-0.1, -0.05) is 73.7 Å². The van der Waals surface area contributed by atoms with Crippen molar-refractivity contribution < 1.29 is 4.79 Å². The highest BCUT2D eigenvalue weighted by Gasteiger charge is 2.22. The number of hydrogen-bond acceptors (Lipinski definition) is 5. The average Bonchev–Trinajstić information content (AvgIpc) is 3.31. The summed E-state index contributed by atoms with van der Waals surface area (Å²) in [5, 5.41) is 0.760. The summed E-state index contributed by atoms with van der Waals surface area (Å²) in [4.78, 5) is 23.9. The Morgan fingerprint density at radius 2 is 1.58 bits per heavy atom. The molecule has 0 atom stereocenters. The van der Waals surface area contributed by atoms with Crippen LogP contribution >= 0.6 is 23.1 Å². The predicted molar refractivity (Wildman–Crippen MR) is 143 cm³/mol. The van der Waals surface area contributed by atoms with Crippen LogP contribution in [0.4, 0.5) is 5.13 Å². The molecule has 0 saturated heterocycles. The van der Waals surface area contributed by atoms with E-state index in [2.05, 4.69) is 55.3 Å². The number of nitrogens with zero attached hydrogens (tertiary/aromatic N) is 3. The lowest BCUT2D eigenvalue weighted by Gasteiger charge is -2.24. The summed E-state index contributed by atoms with van der Waals surface area (Å²) in [6.07, 6.45) is 2.06. The lowest BCUT2D eigenvalue weighted by atomic mass is 10.0. The third-order valence-electron chi connectivity index (χ3n) is 5.84. The summed E-state index contributed by atoms with van der Waals surface area (Å²) >= 11 is 3.27. The summed E-state index contributed by atoms with van der Waals surface area (Å²) in [5.41, 5.74) is 3.90. The van der Waals surface area contributed by atoms with Crippen LogP contribution in [0.1, 0.15) is 24.2 Å². The molecular formula is C27H29N3OS2. The van der Waals surface area contributed by atoms with Crippen molar-refractivity contribution in [2.75, 3.05) is 37.3 Å². The molecule has 0 aliphatic heterocycles. The number of benzene rings is 3. The molecule has 3 aromatic carbocycles. The molecule has 0 unspecified atom stereocenters. The van der Waals surface area contributed by atoms with Crippen LogP contribution in [0, 0.1) is 0 Å². The third kappa shape index (κ3) is 5.29. The van der Waals surface area contributed by atoms with Crippen molar-refractivity contribution >= 4 is 44.4 Å². The van der Waals surface area contributed by atoms with E-state index in [1.54, 1.807) is 23.1 Å². The standard InChI is InChI=1S/C27H29N3OS2/c1-4-29(5-2)18-19-30(27-28-25-23(32-3)12-9-13-24(25)33-27)26(31)22-16-14-21(15-17-22)20-10-7-6-8-11-20/h6-17H,4-5,18-19H2,1-3H3. The van der Waals surface area contributed by atoms with E-state index in [-0.39, 0.29) is 5.91 Å². The first-order chi connectivity index (χ1) is 16.1. The highest BCUT2D eigenvalue weighted by atomic mass is 32.2. The molecule has 0 radical (unpaired) electrons. The molecule has 4 rings (SSSR count). The van der Waals surface area contributed by atoms with Crippen molar-refractivity contribution in [2.45, 2.75) is 18.7 Å². The fourth-order valence-corrected chi connectivity index (χ4v) is 5.49. The quantitative estimate of drug-likeness (QED) is 0.253. The molecule has 4 aromatic rings. The first kappa shape index (κ1) is 23.5. The molecule has 170 valence electrons. The molecule has 0 saturated carbocycles. The molecule has 33 heavy (non-hydrogen) atoms. The number of para-hydroxylation sites is 1. The maximum absolute atomic E-state index is 13.7. The van der Waals surface area contributed by atoms with Crippen LogP contribution in [0.2, 0.25) is 0 Å². The van der Waals surface area contributed by atoms with Crippen molar-refractivity contribution in [3.8, 4) is 11.1 Å². The number of aromatic nitrogens is 1. The minimum atomic E-state index is -0.00785. The van der Waals surface area contributed by atoms with E-state index in [4.69, 9.17) is 4.98 Å². The van der Waals surface area contributed by atoms with E-state index in [9.17, 15) is 4.79 Å². The lowest BCUT2D eigenvalue weighted by Crippen LogP contribution is -2.38. The Balaban J connectivity index is 1.66. The van der Waals surface area contributed by atoms with Gasteiger partial charge in [0.2, 0.25) is 0 Å². The molecule has 6 heteroatoms. The molecule has 0 fully saturated rings. The van der Waals surface area contributed by atoms with E-state index in [0.717, 1.165) is 51.0 Å². The fraction of sp³-hybridized carbons (Fsp3) is 0.259. The fourth-order valence-electron chi connectivity index (χ4n) is 3.85. The maximum Gasteiger partial charge on any atom is 0.260 e. The third-order valence-corrected chi connectivity index (χ3v) is 7.65. The van der Waals surface area contributed by atoms with Gasteiger partial charge in [-0.3, -0.25) is 9.69 Å². The van der Waals surface area contributed by atoms with Crippen molar-refractivity contribution in [2.24, 2.45) is 0 Å². The molecule has 0 N–H and O–H groups in total. The summed E-state index contributed by atoms with van der Waals surface area (Å²) in [6, 6.07) is 24.3. The van der Waals surface area contributed by atoms with Gasteiger partial charge in [-0.05, 0) is 54.7 Å². The number of carbonyl (C=O) groups excluding carboxylic acids is 1. The first-order valence-electron chi connectivity index (χ1n) is 11.3. The van der Waals surface area contributed by atoms with Crippen molar-refractivity contribution in [1.29, 1.82) is 0 Å². The summed E-state index contributed by atoms with van der Waals surface area (Å²) in [6.45, 7) is 7.64. The van der Waals surface area contributed by atoms with Crippen LogP contribution in [0.5, 0.6) is 0 Å². The molecule has 0 aliphatic carbocycles. The Hall–Kier alpha value is -2.67. The zero-order valence-electron chi connectivity index (χ0n) is 19.3. The van der Waals surface area contributed by atoms with E-state index in [1.807, 2.05) is 47.4 Å². The molecule has 1 amide bonds. The average molecular weight is 476 g/mol. The number of thioether (sulfide) groups is 1. The molecule has 1 aromatic heterocycles. The van der Waals surface area contributed by atoms with Crippen LogP contribution < -0.4 is 4.90 Å². The van der Waals surface area contributed by atoms with Crippen molar-refractivity contribution in [3.05, 3.63) is 78.4 Å². The number of likely N-dealkylation sites (N-methyl/N-ethyl adjacent to an activating group) is 1. The zero-order chi connectivity index (χ0) is 23.2. The number of rotatable bonds is 9. The van der Waals surface area contributed by atoms with Gasteiger partial charge in [0.15, 0.2) is 5.13 Å². The van der Waals surface area contributed by atoms with Crippen LogP contribution in [-0.2, 0) is 0 Å². The summed E-state index contributed by atoms with van der Waals surface area (Å²) < 4.78 is 1.11. The molecule has 1 heterocycles. The summed E-state index contributed by atoms with van der Waals surface area (Å²) in [5.74, 6) is -0.00785. The van der Waals surface area contributed by atoms with Gasteiger partial charge in [0.1, 0.15) is 0 Å². The van der Waals surface area contributed by atoms with Crippen LogP contribution in [-0.4, -0.2) is 48.2 Å². The van der Waals surface area contributed by atoms with Gasteiger partial charge in [-0.2, -0.15) is 0 Å². The summed E-state index contributed by atoms with van der Waals surface area (Å²) in [7, 11) is 0. The normalized spacial score (nSPS) is 11.3. The molecule has 4 nitrogen and oxygen atoms in total. The molecular weight excluding hydrogens is 446 g/mol. The highest BCUT2D eigenvalue weighted by molar-refractivity contribution is 7.98. The van der Waals surface area contributed by atoms with Crippen LogP contribution in [0.15, 0.2) is 77.7 Å². The Labute approximate surface area is 204 Å². The van der Waals surface area contributed by atoms with E-state index in [1.165, 1.54) is 0 Å². The Kier molecular flexibility index (Phi) is 7.81. The minimum Gasteiger partial charge on any atom is -0.302 e. The number of carbonyl (C=O) groups is 1. The van der Waals surface area contributed by atoms with E-state index in [0.29, 0.717) is 12.1 Å². The minimum absolute atomic E-state index is 0.00785. The Morgan fingerprint density at radius 3 is 2.24 bits per heavy atom. The van der Waals surface area contributed by atoms with Gasteiger partial charge < -0.3 is 4.90 Å². The van der Waals surface area contributed by atoms with Gasteiger partial charge in [0.25, 0.3) is 5.91 Å². The highest BCUT2D eigenvalue weighted by Crippen LogP contribution is 2.34. The van der Waals surface area contributed by atoms with Crippen molar-refractivity contribution in [3.63, 3.8) is 0 Å². The topological polar surface area (TPSA) is 36.4 Å². The van der Waals surface area contributed by atoms with E-state index >= 15 is 0 Å².